The van der Waals surface area contributed by atoms with Crippen LogP contribution < -0.4 is 14.4 Å². The molecule has 2 heterocycles. The number of benzene rings is 3. The van der Waals surface area contributed by atoms with Crippen molar-refractivity contribution in [2.45, 2.75) is 6.04 Å². The number of aromatic nitrogens is 1. The second-order valence-corrected chi connectivity index (χ2v) is 9.71. The first kappa shape index (κ1) is 23.1. The molecule has 0 bridgehead atoms. The summed E-state index contributed by atoms with van der Waals surface area (Å²) in [6, 6.07) is 18.5. The Morgan fingerprint density at radius 1 is 1.00 bits per heavy atom. The van der Waals surface area contributed by atoms with E-state index >= 15 is 0 Å². The Bertz CT molecular complexity index is 1500. The van der Waals surface area contributed by atoms with Gasteiger partial charge in [0.1, 0.15) is 17.3 Å². The molecule has 1 aliphatic rings. The summed E-state index contributed by atoms with van der Waals surface area (Å²) < 4.78 is 12.1. The van der Waals surface area contributed by atoms with Gasteiger partial charge in [-0.05, 0) is 60.2 Å². The van der Waals surface area contributed by atoms with Gasteiger partial charge in [-0.1, -0.05) is 39.4 Å². The van der Waals surface area contributed by atoms with Gasteiger partial charge < -0.3 is 14.6 Å². The minimum absolute atomic E-state index is 0.00453. The summed E-state index contributed by atoms with van der Waals surface area (Å²) in [7, 11) is 3.12. The topological polar surface area (TPSA) is 89.0 Å². The van der Waals surface area contributed by atoms with Gasteiger partial charge in [-0.2, -0.15) is 0 Å². The second kappa shape index (κ2) is 9.16. The second-order valence-electron chi connectivity index (χ2n) is 7.78. The quantitative estimate of drug-likeness (QED) is 0.195. The number of methoxy groups -OCH3 is 2. The van der Waals surface area contributed by atoms with Gasteiger partial charge in [-0.25, -0.2) is 4.98 Å². The van der Waals surface area contributed by atoms with Crippen molar-refractivity contribution in [1.29, 1.82) is 0 Å². The van der Waals surface area contributed by atoms with Gasteiger partial charge in [-0.3, -0.25) is 14.5 Å². The van der Waals surface area contributed by atoms with Gasteiger partial charge in [0, 0.05) is 10.0 Å². The number of hydrogen-bond acceptors (Lipinski definition) is 7. The van der Waals surface area contributed by atoms with Gasteiger partial charge in [0.2, 0.25) is 0 Å². The van der Waals surface area contributed by atoms with E-state index in [2.05, 4.69) is 20.9 Å². The number of halogens is 1. The predicted octanol–water partition coefficient (Wildman–Crippen LogP) is 5.70. The number of anilines is 1. The highest BCUT2D eigenvalue weighted by molar-refractivity contribution is 9.10. The lowest BCUT2D eigenvalue weighted by molar-refractivity contribution is -0.132. The van der Waals surface area contributed by atoms with Crippen molar-refractivity contribution < 1.29 is 24.2 Å². The number of rotatable bonds is 5. The van der Waals surface area contributed by atoms with E-state index in [1.54, 1.807) is 50.6 Å². The molecule has 0 radical (unpaired) electrons. The van der Waals surface area contributed by atoms with Gasteiger partial charge in [0.25, 0.3) is 5.78 Å². The fraction of sp³-hybridized carbons (Fsp3) is 0.115. The Kier molecular flexibility index (Phi) is 6.04. The number of nitrogens with zero attached hydrogens (tertiary/aromatic N) is 2. The number of carbonyl (C=O) groups excluding carboxylic acids is 2. The maximum Gasteiger partial charge on any atom is 0.301 e. The number of aliphatic hydroxyl groups excluding tert-OH is 1. The lowest BCUT2D eigenvalue weighted by Crippen LogP contribution is -2.29. The van der Waals surface area contributed by atoms with Crippen LogP contribution in [0.25, 0.3) is 16.0 Å². The number of ether oxygens (including phenoxy) is 2. The molecule has 0 saturated carbocycles. The summed E-state index contributed by atoms with van der Waals surface area (Å²) in [4.78, 5) is 32.7. The van der Waals surface area contributed by atoms with Gasteiger partial charge >= 0.3 is 5.91 Å². The summed E-state index contributed by atoms with van der Waals surface area (Å²) in [6.07, 6.45) is 0. The molecule has 3 aromatic carbocycles. The molecule has 0 spiro atoms. The Hall–Kier alpha value is -3.69. The predicted molar refractivity (Wildman–Crippen MR) is 138 cm³/mol. The van der Waals surface area contributed by atoms with E-state index in [0.717, 1.165) is 9.17 Å². The monoisotopic (exact) mass is 550 g/mol. The summed E-state index contributed by atoms with van der Waals surface area (Å²) in [6.45, 7) is 0. The number of fused-ring (bicyclic) bond motifs is 1. The third-order valence-electron chi connectivity index (χ3n) is 5.76. The first-order valence-corrected chi connectivity index (χ1v) is 12.2. The first-order valence-electron chi connectivity index (χ1n) is 10.6. The number of thiazole rings is 1. The Morgan fingerprint density at radius 2 is 1.71 bits per heavy atom. The number of Topliss-reactive ketones (excluding diaryl/α,β-unsaturated/α-hetero) is 1. The summed E-state index contributed by atoms with van der Waals surface area (Å²) >= 11 is 4.75. The molecule has 1 saturated heterocycles. The van der Waals surface area contributed by atoms with Crippen molar-refractivity contribution >= 4 is 60.1 Å². The van der Waals surface area contributed by atoms with E-state index in [9.17, 15) is 14.7 Å². The largest absolute Gasteiger partial charge is 0.507 e. The number of carbonyl (C=O) groups is 2. The molecule has 7 nitrogen and oxygen atoms in total. The molecule has 9 heteroatoms. The van der Waals surface area contributed by atoms with Crippen molar-refractivity contribution in [1.82, 2.24) is 4.98 Å². The molecular weight excluding hydrogens is 532 g/mol. The maximum atomic E-state index is 13.4. The fourth-order valence-electron chi connectivity index (χ4n) is 4.05. The van der Waals surface area contributed by atoms with E-state index < -0.39 is 17.7 Å². The smallest absolute Gasteiger partial charge is 0.301 e. The third kappa shape index (κ3) is 4.06. The molecule has 0 aliphatic carbocycles. The Morgan fingerprint density at radius 3 is 2.40 bits per heavy atom. The van der Waals surface area contributed by atoms with Crippen LogP contribution in [0.4, 0.5) is 5.13 Å². The summed E-state index contributed by atoms with van der Waals surface area (Å²) in [5.41, 5.74) is 1.73. The van der Waals surface area contributed by atoms with Crippen molar-refractivity contribution in [3.05, 3.63) is 87.9 Å². The molecule has 1 aromatic heterocycles. The van der Waals surface area contributed by atoms with Gasteiger partial charge in [-0.15, -0.1) is 0 Å². The molecule has 1 fully saturated rings. The van der Waals surface area contributed by atoms with Crippen LogP contribution >= 0.6 is 27.3 Å². The normalized spacial score (nSPS) is 17.2. The van der Waals surface area contributed by atoms with Crippen molar-refractivity contribution in [3.63, 3.8) is 0 Å². The van der Waals surface area contributed by atoms with E-state index in [-0.39, 0.29) is 11.3 Å². The minimum Gasteiger partial charge on any atom is -0.507 e. The fourth-order valence-corrected chi connectivity index (χ4v) is 5.49. The Labute approximate surface area is 213 Å². The highest BCUT2D eigenvalue weighted by Crippen LogP contribution is 2.45. The molecule has 1 amide bonds. The molecule has 5 rings (SSSR count). The SMILES string of the molecule is COc1ccc(/C(O)=C2\C(=O)C(=O)N(c3nc4ccc(OC)cc4s3)[C@@H]2c2cccc(Br)c2)cc1. The minimum atomic E-state index is -0.864. The lowest BCUT2D eigenvalue weighted by atomic mass is 9.95. The molecular formula is C26H19BrN2O5S. The van der Waals surface area contributed by atoms with Gasteiger partial charge in [0.15, 0.2) is 5.13 Å². The summed E-state index contributed by atoms with van der Waals surface area (Å²) in [5.74, 6) is -0.523. The van der Waals surface area contributed by atoms with Crippen LogP contribution in [0, 0.1) is 0 Å². The average molecular weight is 551 g/mol. The van der Waals surface area contributed by atoms with Crippen LogP contribution in [0.15, 0.2) is 76.8 Å². The molecule has 1 atom stereocenters. The highest BCUT2D eigenvalue weighted by Gasteiger charge is 2.48. The molecule has 1 N–H and O–H groups in total. The lowest BCUT2D eigenvalue weighted by Gasteiger charge is -2.23. The highest BCUT2D eigenvalue weighted by atomic mass is 79.9. The molecule has 0 unspecified atom stereocenters. The Balaban J connectivity index is 1.70. The van der Waals surface area contributed by atoms with E-state index in [0.29, 0.717) is 33.3 Å². The first-order chi connectivity index (χ1) is 16.9. The number of amides is 1. The van der Waals surface area contributed by atoms with Crippen molar-refractivity contribution in [2.24, 2.45) is 0 Å². The zero-order valence-electron chi connectivity index (χ0n) is 18.7. The van der Waals surface area contributed by atoms with Crippen LogP contribution in [0.2, 0.25) is 0 Å². The summed E-state index contributed by atoms with van der Waals surface area (Å²) in [5, 5.41) is 11.6. The maximum absolute atomic E-state index is 13.4. The van der Waals surface area contributed by atoms with E-state index in [1.807, 2.05) is 30.3 Å². The number of aliphatic hydroxyl groups is 1. The van der Waals surface area contributed by atoms with E-state index in [4.69, 9.17) is 9.47 Å². The van der Waals surface area contributed by atoms with E-state index in [1.165, 1.54) is 16.2 Å². The molecule has 4 aromatic rings. The molecule has 35 heavy (non-hydrogen) atoms. The number of ketones is 1. The molecule has 176 valence electrons. The third-order valence-corrected chi connectivity index (χ3v) is 7.27. The van der Waals surface area contributed by atoms with Crippen LogP contribution in [-0.4, -0.2) is 36.0 Å². The zero-order chi connectivity index (χ0) is 24.7. The standard InChI is InChI=1S/C26H19BrN2O5S/c1-33-17-8-6-14(7-9-17)23(30)21-22(15-4-3-5-16(27)12-15)29(25(32)24(21)31)26-28-19-11-10-18(34-2)13-20(19)35-26/h3-13,22,30H,1-2H3/b23-21+/t22-/m1/s1. The van der Waals surface area contributed by atoms with Crippen LogP contribution in [0.1, 0.15) is 17.2 Å². The average Bonchev–Trinajstić information content (AvgIpc) is 3.41. The van der Waals surface area contributed by atoms with Crippen molar-refractivity contribution in [3.8, 4) is 11.5 Å². The van der Waals surface area contributed by atoms with Crippen LogP contribution in [-0.2, 0) is 9.59 Å². The zero-order valence-corrected chi connectivity index (χ0v) is 21.1. The van der Waals surface area contributed by atoms with Crippen LogP contribution in [0.5, 0.6) is 11.5 Å². The van der Waals surface area contributed by atoms with Gasteiger partial charge in [0.05, 0.1) is 36.1 Å². The molecule has 1 aliphatic heterocycles. The number of hydrogen-bond donors (Lipinski definition) is 1. The van der Waals surface area contributed by atoms with Crippen LogP contribution in [0.3, 0.4) is 0 Å². The van der Waals surface area contributed by atoms with Crippen molar-refractivity contribution in [2.75, 3.05) is 19.1 Å².